The van der Waals surface area contributed by atoms with Crippen molar-refractivity contribution in [1.29, 1.82) is 10.5 Å². The zero-order valence-corrected chi connectivity index (χ0v) is 33.2. The predicted molar refractivity (Wildman–Crippen MR) is 188 cm³/mol. The molecule has 2 N–H and O–H groups in total. The Kier molecular flexibility index (Phi) is 23.1. The Morgan fingerprint density at radius 3 is 1.63 bits per heavy atom. The normalized spacial score (nSPS) is 11.9. The van der Waals surface area contributed by atoms with Crippen LogP contribution in [0.2, 0.25) is 0 Å². The molecule has 0 fully saturated rings. The summed E-state index contributed by atoms with van der Waals surface area (Å²) in [5.74, 6) is 0. The van der Waals surface area contributed by atoms with E-state index in [2.05, 4.69) is 16.7 Å². The van der Waals surface area contributed by atoms with Gasteiger partial charge in [0.1, 0.15) is 11.2 Å². The van der Waals surface area contributed by atoms with Crippen molar-refractivity contribution in [2.24, 2.45) is 0 Å². The van der Waals surface area contributed by atoms with Gasteiger partial charge < -0.3 is 31.9 Å². The van der Waals surface area contributed by atoms with E-state index in [1.54, 1.807) is 44.2 Å². The van der Waals surface area contributed by atoms with Crippen LogP contribution in [0.3, 0.4) is 0 Å². The number of carbonyl (C=O) groups is 2. The standard InChI is InChI=1S/C19H25NO5S2.C13H18N2O2S.CN.CH4.Na/c1-14-5-7-16(8-6-14)27(22,23)24-11-9-17(15-10-12-26-13-15)20-18(21)25-19(2,3)4;1-13(2,3)17-12(16)15-11(5-4-7-14)10-6-8-18-9-10;1-2;;/h5-8,10,12-13,17H,9,11H2,1-4H3,(H,20,21);6,8-9,11H,4-5H2,1-3H3,(H,15,16);;1H4;/q;;-1;;+1. The van der Waals surface area contributed by atoms with E-state index in [0.717, 1.165) is 16.7 Å². The van der Waals surface area contributed by atoms with Crippen molar-refractivity contribution in [3.05, 3.63) is 81.2 Å². The van der Waals surface area contributed by atoms with Crippen LogP contribution >= 0.6 is 22.7 Å². The number of hydrogen-bond donors (Lipinski definition) is 2. The first-order chi connectivity index (χ1) is 22.0. The second kappa shape index (κ2) is 23.5. The number of ether oxygens (including phenoxy) is 2. The average Bonchev–Trinajstić information content (AvgIpc) is 3.70. The van der Waals surface area contributed by atoms with E-state index >= 15 is 0 Å². The molecule has 0 saturated carbocycles. The molecule has 15 heteroatoms. The monoisotopic (exact) mass is 742 g/mol. The van der Waals surface area contributed by atoms with E-state index in [-0.39, 0.29) is 54.5 Å². The minimum Gasteiger partial charge on any atom is -0.512 e. The number of aryl methyl sites for hydroxylation is 1. The number of carbonyl (C=O) groups excluding carboxylic acids is 2. The van der Waals surface area contributed by atoms with E-state index in [9.17, 15) is 18.0 Å². The van der Waals surface area contributed by atoms with Gasteiger partial charge in [-0.05, 0) is 118 Å². The molecule has 49 heavy (non-hydrogen) atoms. The number of rotatable bonds is 11. The first-order valence-corrected chi connectivity index (χ1v) is 17.9. The molecule has 0 aliphatic rings. The molecule has 3 aromatic rings. The number of nitrogens with one attached hydrogen (secondary N) is 2. The number of amides is 2. The van der Waals surface area contributed by atoms with Crippen LogP contribution in [0.1, 0.15) is 97.0 Å². The van der Waals surface area contributed by atoms with Gasteiger partial charge in [0.25, 0.3) is 10.1 Å². The van der Waals surface area contributed by atoms with Gasteiger partial charge in [0.15, 0.2) is 0 Å². The van der Waals surface area contributed by atoms with Crippen molar-refractivity contribution in [3.63, 3.8) is 0 Å². The van der Waals surface area contributed by atoms with Gasteiger partial charge in [-0.3, -0.25) is 4.18 Å². The molecule has 3 rings (SSSR count). The summed E-state index contributed by atoms with van der Waals surface area (Å²) in [6.45, 7) is 17.4. The summed E-state index contributed by atoms with van der Waals surface area (Å²) in [5, 5.41) is 28.2. The molecular weight excluding hydrogens is 696 g/mol. The van der Waals surface area contributed by atoms with Gasteiger partial charge in [-0.1, -0.05) is 25.1 Å². The average molecular weight is 743 g/mol. The molecule has 2 amide bonds. The third-order valence-electron chi connectivity index (χ3n) is 5.77. The molecule has 1 aromatic carbocycles. The van der Waals surface area contributed by atoms with Crippen LogP contribution < -0.4 is 40.2 Å². The Labute approximate surface area is 322 Å². The summed E-state index contributed by atoms with van der Waals surface area (Å²) in [7, 11) is -3.84. The van der Waals surface area contributed by atoms with Crippen molar-refractivity contribution in [2.75, 3.05) is 6.61 Å². The first-order valence-electron chi connectivity index (χ1n) is 14.6. The van der Waals surface area contributed by atoms with Crippen molar-refractivity contribution >= 4 is 45.0 Å². The summed E-state index contributed by atoms with van der Waals surface area (Å²) in [6.07, 6.45) is 0.279. The summed E-state index contributed by atoms with van der Waals surface area (Å²) in [5.41, 5.74) is 1.73. The van der Waals surface area contributed by atoms with Gasteiger partial charge in [0.05, 0.1) is 29.7 Å². The van der Waals surface area contributed by atoms with Crippen LogP contribution in [0, 0.1) is 30.1 Å². The topological polar surface area (TPSA) is 168 Å². The molecule has 0 bridgehead atoms. The summed E-state index contributed by atoms with van der Waals surface area (Å²) in [6, 6.07) is 11.8. The first kappa shape index (κ1) is 48.2. The Bertz CT molecular complexity index is 1530. The molecule has 0 aliphatic carbocycles. The minimum atomic E-state index is -3.84. The third kappa shape index (κ3) is 20.4. The molecule has 2 aromatic heterocycles. The largest absolute Gasteiger partial charge is 1.00 e. The Morgan fingerprint density at radius 1 is 0.837 bits per heavy atom. The second-order valence-corrected chi connectivity index (χ2v) is 15.3. The second-order valence-electron chi connectivity index (χ2n) is 12.1. The number of alkyl carbamates (subject to hydrolysis) is 2. The Morgan fingerprint density at radius 2 is 1.27 bits per heavy atom. The fourth-order valence-corrected chi connectivity index (χ4v) is 6.10. The fraction of sp³-hybridized carbons (Fsp3) is 0.471. The Hall–Kier alpha value is -2.95. The van der Waals surface area contributed by atoms with Crippen molar-refractivity contribution in [3.8, 4) is 6.07 Å². The molecule has 0 aliphatic heterocycles. The van der Waals surface area contributed by atoms with Crippen LogP contribution in [0.5, 0.6) is 0 Å². The number of nitriles is 1. The molecule has 264 valence electrons. The molecule has 2 unspecified atom stereocenters. The van der Waals surface area contributed by atoms with Gasteiger partial charge in [-0.15, -0.1) is 0 Å². The van der Waals surface area contributed by atoms with E-state index in [1.165, 1.54) is 23.5 Å². The predicted octanol–water partition coefficient (Wildman–Crippen LogP) is 5.77. The summed E-state index contributed by atoms with van der Waals surface area (Å²) < 4.78 is 40.2. The van der Waals surface area contributed by atoms with E-state index < -0.39 is 39.5 Å². The Balaban J connectivity index is 0. The van der Waals surface area contributed by atoms with Gasteiger partial charge in [-0.2, -0.15) is 36.4 Å². The fourth-order valence-electron chi connectivity index (χ4n) is 3.75. The number of nitrogens with zero attached hydrogens (tertiary/aromatic N) is 2. The van der Waals surface area contributed by atoms with Gasteiger partial charge >= 0.3 is 41.7 Å². The van der Waals surface area contributed by atoms with Crippen molar-refractivity contribution in [2.45, 2.75) is 103 Å². The molecule has 0 spiro atoms. The van der Waals surface area contributed by atoms with E-state index in [1.807, 2.05) is 61.3 Å². The summed E-state index contributed by atoms with van der Waals surface area (Å²) in [4.78, 5) is 23.9. The van der Waals surface area contributed by atoms with Crippen molar-refractivity contribution < 1.29 is 61.2 Å². The molecular formula is C34H47N4NaO7S3. The summed E-state index contributed by atoms with van der Waals surface area (Å²) >= 11 is 3.06. The molecule has 11 nitrogen and oxygen atoms in total. The number of thiophene rings is 2. The van der Waals surface area contributed by atoms with Crippen molar-refractivity contribution in [1.82, 2.24) is 10.6 Å². The van der Waals surface area contributed by atoms with Crippen LogP contribution in [-0.4, -0.2) is 38.4 Å². The minimum absolute atomic E-state index is 0. The maximum Gasteiger partial charge on any atom is 1.00 e. The van der Waals surface area contributed by atoms with E-state index in [4.69, 9.17) is 30.8 Å². The maximum atomic E-state index is 12.3. The number of hydrogen-bond acceptors (Lipinski definition) is 11. The van der Waals surface area contributed by atoms with Crippen LogP contribution in [-0.2, 0) is 23.8 Å². The van der Waals surface area contributed by atoms with Crippen LogP contribution in [0.25, 0.3) is 0 Å². The molecule has 2 atom stereocenters. The van der Waals surface area contributed by atoms with E-state index in [0.29, 0.717) is 19.3 Å². The molecule has 0 radical (unpaired) electrons. The quantitative estimate of drug-likeness (QED) is 0.141. The molecule has 0 saturated heterocycles. The smallest absolute Gasteiger partial charge is 0.512 e. The van der Waals surface area contributed by atoms with Crippen LogP contribution in [0.4, 0.5) is 9.59 Å². The zero-order valence-electron chi connectivity index (χ0n) is 28.7. The van der Waals surface area contributed by atoms with Gasteiger partial charge in [0.2, 0.25) is 0 Å². The SMILES string of the molecule is C.CC(C)(C)OC(=O)NC(CCC#N)c1ccsc1.Cc1ccc(S(=O)(=O)OCCC(NC(=O)OC(C)(C)C)c2ccsc2)cc1.[C-]#N.[Na+]. The van der Waals surface area contributed by atoms with Gasteiger partial charge in [-0.25, -0.2) is 9.59 Å². The van der Waals surface area contributed by atoms with Gasteiger partial charge in [0, 0.05) is 6.42 Å². The van der Waals surface area contributed by atoms with Crippen LogP contribution in [0.15, 0.2) is 62.8 Å². The maximum absolute atomic E-state index is 12.3. The zero-order chi connectivity index (χ0) is 35.7. The number of benzene rings is 1. The molecule has 2 heterocycles. The third-order valence-corrected chi connectivity index (χ3v) is 8.50.